The summed E-state index contributed by atoms with van der Waals surface area (Å²) in [5.41, 5.74) is 1.03. The average molecular weight is 543 g/mol. The van der Waals surface area contributed by atoms with Crippen molar-refractivity contribution < 1.29 is 17.4 Å². The van der Waals surface area contributed by atoms with Crippen LogP contribution in [0.15, 0.2) is 41.3 Å². The molecule has 2 aromatic rings. The standard InChI is InChI=1S/C25H33Cl2N3O4S/c1-6-29(7-2)19-9-8-17(16-30(18-10-11-18)24(31)28-25(3,4)5)23(14-19)34-35(32,33)20-12-13-21(26)22(27)15-20/h8-9,12-15,18H,6-7,10-11,16H2,1-5H3,(H,28,31). The number of amides is 2. The first-order valence-electron chi connectivity index (χ1n) is 11.7. The van der Waals surface area contributed by atoms with Crippen LogP contribution in [0.2, 0.25) is 10.0 Å². The molecule has 0 unspecified atom stereocenters. The summed E-state index contributed by atoms with van der Waals surface area (Å²) < 4.78 is 32.0. The molecule has 7 nitrogen and oxygen atoms in total. The fourth-order valence-corrected chi connectivity index (χ4v) is 5.01. The van der Waals surface area contributed by atoms with Gasteiger partial charge in [0.15, 0.2) is 0 Å². The van der Waals surface area contributed by atoms with E-state index in [-0.39, 0.29) is 39.3 Å². The number of rotatable bonds is 9. The number of nitrogens with zero attached hydrogens (tertiary/aromatic N) is 2. The highest BCUT2D eigenvalue weighted by atomic mass is 35.5. The summed E-state index contributed by atoms with van der Waals surface area (Å²) >= 11 is 12.0. The van der Waals surface area contributed by atoms with E-state index >= 15 is 0 Å². The Hall–Kier alpha value is -2.16. The zero-order chi connectivity index (χ0) is 26.0. The van der Waals surface area contributed by atoms with Gasteiger partial charge in [0.25, 0.3) is 0 Å². The molecule has 0 saturated heterocycles. The SMILES string of the molecule is CCN(CC)c1ccc(CN(C(=O)NC(C)(C)C)C2CC2)c(OS(=O)(=O)c2ccc(Cl)c(Cl)c2)c1. The van der Waals surface area contributed by atoms with Crippen molar-refractivity contribution in [1.29, 1.82) is 0 Å². The van der Waals surface area contributed by atoms with E-state index in [0.717, 1.165) is 31.6 Å². The third-order valence-corrected chi connectivity index (χ3v) is 7.60. The molecule has 2 amide bonds. The highest BCUT2D eigenvalue weighted by Gasteiger charge is 2.35. The number of anilines is 1. The second-order valence-corrected chi connectivity index (χ2v) is 12.0. The summed E-state index contributed by atoms with van der Waals surface area (Å²) in [6.07, 6.45) is 1.82. The maximum Gasteiger partial charge on any atom is 0.339 e. The third-order valence-electron chi connectivity index (χ3n) is 5.63. The van der Waals surface area contributed by atoms with Crippen molar-refractivity contribution in [2.45, 2.75) is 70.5 Å². The molecule has 0 aliphatic heterocycles. The quantitative estimate of drug-likeness (QED) is 0.389. The molecule has 192 valence electrons. The molecule has 1 saturated carbocycles. The average Bonchev–Trinajstić information content (AvgIpc) is 3.59. The molecule has 0 bridgehead atoms. The van der Waals surface area contributed by atoms with E-state index in [4.69, 9.17) is 27.4 Å². The summed E-state index contributed by atoms with van der Waals surface area (Å²) in [7, 11) is -4.20. The number of carbonyl (C=O) groups is 1. The summed E-state index contributed by atoms with van der Waals surface area (Å²) in [6, 6.07) is 9.42. The maximum atomic E-state index is 13.2. The Morgan fingerprint density at radius 1 is 1.06 bits per heavy atom. The number of hydrogen-bond donors (Lipinski definition) is 1. The van der Waals surface area contributed by atoms with Gasteiger partial charge in [0, 0.05) is 42.0 Å². The molecule has 10 heteroatoms. The van der Waals surface area contributed by atoms with Crippen LogP contribution >= 0.6 is 23.2 Å². The molecular formula is C25H33Cl2N3O4S. The number of nitrogens with one attached hydrogen (secondary N) is 1. The smallest absolute Gasteiger partial charge is 0.339 e. The fraction of sp³-hybridized carbons (Fsp3) is 0.480. The number of hydrogen-bond acceptors (Lipinski definition) is 5. The predicted octanol–water partition coefficient (Wildman–Crippen LogP) is 6.08. The third kappa shape index (κ3) is 7.18. The Kier molecular flexibility index (Phi) is 8.50. The highest BCUT2D eigenvalue weighted by Crippen LogP contribution is 2.34. The fourth-order valence-electron chi connectivity index (χ4n) is 3.66. The van der Waals surface area contributed by atoms with Crippen molar-refractivity contribution in [1.82, 2.24) is 10.2 Å². The lowest BCUT2D eigenvalue weighted by Crippen LogP contribution is -2.49. The van der Waals surface area contributed by atoms with Gasteiger partial charge >= 0.3 is 16.1 Å². The monoisotopic (exact) mass is 541 g/mol. The van der Waals surface area contributed by atoms with Crippen LogP contribution in [0.3, 0.4) is 0 Å². The van der Waals surface area contributed by atoms with Gasteiger partial charge in [-0.2, -0.15) is 8.42 Å². The van der Waals surface area contributed by atoms with Crippen LogP contribution in [0.25, 0.3) is 0 Å². The lowest BCUT2D eigenvalue weighted by atomic mass is 10.1. The number of benzene rings is 2. The second kappa shape index (κ2) is 10.8. The van der Waals surface area contributed by atoms with E-state index in [2.05, 4.69) is 10.2 Å². The zero-order valence-corrected chi connectivity index (χ0v) is 23.1. The van der Waals surface area contributed by atoms with Crippen LogP contribution in [-0.4, -0.2) is 44.0 Å². The van der Waals surface area contributed by atoms with Crippen molar-refractivity contribution in [3.05, 3.63) is 52.0 Å². The van der Waals surface area contributed by atoms with Crippen LogP contribution in [-0.2, 0) is 16.7 Å². The Bertz CT molecular complexity index is 1170. The number of urea groups is 1. The van der Waals surface area contributed by atoms with Gasteiger partial charge in [0.05, 0.1) is 16.6 Å². The molecule has 35 heavy (non-hydrogen) atoms. The molecule has 0 atom stereocenters. The summed E-state index contributed by atoms with van der Waals surface area (Å²) in [5, 5.41) is 3.37. The second-order valence-electron chi connectivity index (χ2n) is 9.62. The van der Waals surface area contributed by atoms with E-state index in [1.54, 1.807) is 11.0 Å². The van der Waals surface area contributed by atoms with Crippen LogP contribution < -0.4 is 14.4 Å². The Morgan fingerprint density at radius 3 is 2.26 bits per heavy atom. The normalized spacial score (nSPS) is 13.9. The van der Waals surface area contributed by atoms with Crippen LogP contribution in [0.4, 0.5) is 10.5 Å². The molecule has 2 aromatic carbocycles. The summed E-state index contributed by atoms with van der Waals surface area (Å²) in [6.45, 7) is 11.5. The van der Waals surface area contributed by atoms with Gasteiger partial charge in [-0.3, -0.25) is 0 Å². The Balaban J connectivity index is 1.99. The molecule has 1 N–H and O–H groups in total. The van der Waals surface area contributed by atoms with E-state index in [1.807, 2.05) is 46.8 Å². The van der Waals surface area contributed by atoms with Gasteiger partial charge in [-0.25, -0.2) is 4.79 Å². The first-order chi connectivity index (χ1) is 16.3. The minimum absolute atomic E-state index is 0.101. The van der Waals surface area contributed by atoms with Gasteiger partial charge in [-0.15, -0.1) is 0 Å². The van der Waals surface area contributed by atoms with Crippen molar-refractivity contribution in [3.8, 4) is 5.75 Å². The van der Waals surface area contributed by atoms with E-state index < -0.39 is 15.7 Å². The molecule has 1 fully saturated rings. The van der Waals surface area contributed by atoms with Crippen LogP contribution in [0.5, 0.6) is 5.75 Å². The van der Waals surface area contributed by atoms with Crippen LogP contribution in [0, 0.1) is 0 Å². The lowest BCUT2D eigenvalue weighted by Gasteiger charge is -2.29. The lowest BCUT2D eigenvalue weighted by molar-refractivity contribution is 0.182. The first-order valence-corrected chi connectivity index (χ1v) is 13.9. The number of carbonyl (C=O) groups excluding carboxylic acids is 1. The van der Waals surface area contributed by atoms with Gasteiger partial charge in [0.1, 0.15) is 10.6 Å². The van der Waals surface area contributed by atoms with E-state index in [1.165, 1.54) is 18.2 Å². The van der Waals surface area contributed by atoms with Gasteiger partial charge in [0.2, 0.25) is 0 Å². The minimum Gasteiger partial charge on any atom is -0.379 e. The highest BCUT2D eigenvalue weighted by molar-refractivity contribution is 7.87. The van der Waals surface area contributed by atoms with Gasteiger partial charge < -0.3 is 19.3 Å². The molecule has 3 rings (SSSR count). The van der Waals surface area contributed by atoms with Gasteiger partial charge in [-0.05, 0) is 71.7 Å². The summed E-state index contributed by atoms with van der Waals surface area (Å²) in [5.74, 6) is 0.176. The van der Waals surface area contributed by atoms with Crippen molar-refractivity contribution in [3.63, 3.8) is 0 Å². The molecule has 0 heterocycles. The van der Waals surface area contributed by atoms with Crippen molar-refractivity contribution in [2.75, 3.05) is 18.0 Å². The minimum atomic E-state index is -4.20. The topological polar surface area (TPSA) is 79.0 Å². The molecule has 0 radical (unpaired) electrons. The van der Waals surface area contributed by atoms with E-state index in [0.29, 0.717) is 5.56 Å². The van der Waals surface area contributed by atoms with Crippen LogP contribution in [0.1, 0.15) is 53.0 Å². The molecule has 1 aliphatic rings. The zero-order valence-electron chi connectivity index (χ0n) is 20.8. The number of halogens is 2. The molecule has 0 spiro atoms. The Labute approximate surface area is 218 Å². The predicted molar refractivity (Wildman–Crippen MR) is 141 cm³/mol. The summed E-state index contributed by atoms with van der Waals surface area (Å²) in [4.78, 5) is 16.8. The molecule has 1 aliphatic carbocycles. The largest absolute Gasteiger partial charge is 0.379 e. The Morgan fingerprint density at radius 2 is 1.71 bits per heavy atom. The molecular weight excluding hydrogens is 509 g/mol. The molecule has 0 aromatic heterocycles. The van der Waals surface area contributed by atoms with E-state index in [9.17, 15) is 13.2 Å². The first kappa shape index (κ1) is 27.4. The van der Waals surface area contributed by atoms with Crippen molar-refractivity contribution in [2.24, 2.45) is 0 Å². The maximum absolute atomic E-state index is 13.2. The van der Waals surface area contributed by atoms with Crippen molar-refractivity contribution >= 4 is 45.0 Å². The van der Waals surface area contributed by atoms with Gasteiger partial charge in [-0.1, -0.05) is 29.3 Å².